The molecule has 1 aromatic heterocycles. The van der Waals surface area contributed by atoms with E-state index >= 15 is 0 Å². The van der Waals surface area contributed by atoms with Gasteiger partial charge in [0.2, 0.25) is 5.91 Å². The number of aromatic nitrogens is 1. The molecule has 1 aromatic carbocycles. The summed E-state index contributed by atoms with van der Waals surface area (Å²) >= 11 is 0. The van der Waals surface area contributed by atoms with Gasteiger partial charge in [-0.25, -0.2) is 8.78 Å². The number of rotatable bonds is 5. The number of aryl methyl sites for hydroxylation is 2. The number of nitrogens with zero attached hydrogens (tertiary/aromatic N) is 1. The maximum Gasteiger partial charge on any atom is 0.228 e. The molecule has 2 rings (SSSR count). The van der Waals surface area contributed by atoms with Crippen molar-refractivity contribution in [3.63, 3.8) is 0 Å². The molecule has 0 fully saturated rings. The fraction of sp³-hybridized carbons (Fsp3) is 0.412. The summed E-state index contributed by atoms with van der Waals surface area (Å²) in [6.07, 6.45) is 0.583. The molecule has 0 bridgehead atoms. The fourth-order valence-electron chi connectivity index (χ4n) is 2.69. The molecule has 0 saturated carbocycles. The van der Waals surface area contributed by atoms with Crippen LogP contribution in [0.3, 0.4) is 0 Å². The minimum absolute atomic E-state index is 0.195. The van der Waals surface area contributed by atoms with E-state index in [4.69, 9.17) is 4.52 Å². The lowest BCUT2D eigenvalue weighted by atomic mass is 9.93. The minimum Gasteiger partial charge on any atom is -0.361 e. The second kappa shape index (κ2) is 6.89. The molecule has 2 atom stereocenters. The highest BCUT2D eigenvalue weighted by molar-refractivity contribution is 5.84. The third-order valence-electron chi connectivity index (χ3n) is 3.96. The van der Waals surface area contributed by atoms with Gasteiger partial charge in [0.05, 0.1) is 17.7 Å². The van der Waals surface area contributed by atoms with E-state index < -0.39 is 23.6 Å². The largest absolute Gasteiger partial charge is 0.361 e. The summed E-state index contributed by atoms with van der Waals surface area (Å²) in [7, 11) is 0. The first-order chi connectivity index (χ1) is 10.8. The number of halogens is 2. The van der Waals surface area contributed by atoms with Crippen LogP contribution >= 0.6 is 0 Å². The minimum atomic E-state index is -0.929. The van der Waals surface area contributed by atoms with Gasteiger partial charge in [-0.05, 0) is 44.9 Å². The lowest BCUT2D eigenvalue weighted by Gasteiger charge is -2.20. The summed E-state index contributed by atoms with van der Waals surface area (Å²) in [5, 5.41) is 6.72. The van der Waals surface area contributed by atoms with Crippen molar-refractivity contribution in [2.45, 2.75) is 46.1 Å². The maximum absolute atomic E-state index is 13.3. The van der Waals surface area contributed by atoms with Gasteiger partial charge < -0.3 is 9.84 Å². The molecule has 0 unspecified atom stereocenters. The highest BCUT2D eigenvalue weighted by Crippen LogP contribution is 2.27. The Hall–Kier alpha value is -2.24. The van der Waals surface area contributed by atoms with Gasteiger partial charge in [-0.2, -0.15) is 0 Å². The van der Waals surface area contributed by atoms with Gasteiger partial charge in [0.25, 0.3) is 0 Å². The SMILES string of the molecule is CC[C@@H](C(=O)N[C@H](C)c1ccc(F)c(F)c1)c1c(C)noc1C. The number of hydrogen-bond acceptors (Lipinski definition) is 3. The fourth-order valence-corrected chi connectivity index (χ4v) is 2.69. The van der Waals surface area contributed by atoms with E-state index in [9.17, 15) is 13.6 Å². The first-order valence-corrected chi connectivity index (χ1v) is 7.53. The quantitative estimate of drug-likeness (QED) is 0.907. The molecule has 0 aliphatic rings. The van der Waals surface area contributed by atoms with Crippen LogP contribution in [0.25, 0.3) is 0 Å². The topological polar surface area (TPSA) is 55.1 Å². The summed E-state index contributed by atoms with van der Waals surface area (Å²) in [5.74, 6) is -1.81. The summed E-state index contributed by atoms with van der Waals surface area (Å²) in [6.45, 7) is 7.19. The normalized spacial score (nSPS) is 13.7. The van der Waals surface area contributed by atoms with E-state index in [0.717, 1.165) is 17.7 Å². The number of carbonyl (C=O) groups excluding carboxylic acids is 1. The molecule has 0 aliphatic carbocycles. The molecule has 6 heteroatoms. The van der Waals surface area contributed by atoms with Crippen molar-refractivity contribution in [3.8, 4) is 0 Å². The second-order valence-corrected chi connectivity index (χ2v) is 5.60. The van der Waals surface area contributed by atoms with Gasteiger partial charge >= 0.3 is 0 Å². The predicted molar refractivity (Wildman–Crippen MR) is 81.9 cm³/mol. The first kappa shape index (κ1) is 17.1. The monoisotopic (exact) mass is 322 g/mol. The van der Waals surface area contributed by atoms with Crippen LogP contribution in [-0.2, 0) is 4.79 Å². The molecule has 2 aromatic rings. The van der Waals surface area contributed by atoms with Crippen LogP contribution < -0.4 is 5.32 Å². The average molecular weight is 322 g/mol. The van der Waals surface area contributed by atoms with E-state index in [2.05, 4.69) is 10.5 Å². The summed E-state index contributed by atoms with van der Waals surface area (Å²) in [4.78, 5) is 12.6. The number of carbonyl (C=O) groups is 1. The molecule has 0 radical (unpaired) electrons. The molecular formula is C17H20F2N2O2. The Labute approximate surface area is 133 Å². The van der Waals surface area contributed by atoms with Crippen LogP contribution in [0.4, 0.5) is 8.78 Å². The Kier molecular flexibility index (Phi) is 5.13. The molecule has 1 amide bonds. The smallest absolute Gasteiger partial charge is 0.228 e. The lowest BCUT2D eigenvalue weighted by molar-refractivity contribution is -0.123. The standard InChI is InChI=1S/C17H20F2N2O2/c1-5-13(16-10(3)21-23-11(16)4)17(22)20-9(2)12-6-7-14(18)15(19)8-12/h6-9,13H,5H2,1-4H3,(H,20,22)/t9-,13-/m1/s1. The molecule has 4 nitrogen and oxygen atoms in total. The molecule has 124 valence electrons. The number of amides is 1. The number of hydrogen-bond donors (Lipinski definition) is 1. The Balaban J connectivity index is 2.17. The van der Waals surface area contributed by atoms with Crippen molar-refractivity contribution in [2.24, 2.45) is 0 Å². The molecular weight excluding hydrogens is 302 g/mol. The number of nitrogens with one attached hydrogen (secondary N) is 1. The highest BCUT2D eigenvalue weighted by atomic mass is 19.2. The summed E-state index contributed by atoms with van der Waals surface area (Å²) < 4.78 is 31.5. The van der Waals surface area contributed by atoms with Gasteiger partial charge in [-0.1, -0.05) is 18.1 Å². The van der Waals surface area contributed by atoms with Crippen LogP contribution in [0.2, 0.25) is 0 Å². The van der Waals surface area contributed by atoms with Crippen molar-refractivity contribution in [3.05, 3.63) is 52.4 Å². The van der Waals surface area contributed by atoms with E-state index in [1.165, 1.54) is 6.07 Å². The van der Waals surface area contributed by atoms with Gasteiger partial charge in [0.1, 0.15) is 5.76 Å². The molecule has 23 heavy (non-hydrogen) atoms. The molecule has 1 N–H and O–H groups in total. The van der Waals surface area contributed by atoms with Gasteiger partial charge in [0.15, 0.2) is 11.6 Å². The third kappa shape index (κ3) is 3.57. The molecule has 0 saturated heterocycles. The predicted octanol–water partition coefficient (Wildman–Crippen LogP) is 3.94. The van der Waals surface area contributed by atoms with Crippen molar-refractivity contribution >= 4 is 5.91 Å². The van der Waals surface area contributed by atoms with Crippen molar-refractivity contribution in [2.75, 3.05) is 0 Å². The second-order valence-electron chi connectivity index (χ2n) is 5.60. The average Bonchev–Trinajstić information content (AvgIpc) is 2.83. The lowest BCUT2D eigenvalue weighted by Crippen LogP contribution is -2.32. The van der Waals surface area contributed by atoms with Crippen LogP contribution in [-0.4, -0.2) is 11.1 Å². The summed E-state index contributed by atoms with van der Waals surface area (Å²) in [6, 6.07) is 3.17. The molecule has 0 spiro atoms. The Bertz CT molecular complexity index is 693. The zero-order valence-corrected chi connectivity index (χ0v) is 13.6. The van der Waals surface area contributed by atoms with Crippen LogP contribution in [0.15, 0.2) is 22.7 Å². The van der Waals surface area contributed by atoms with Crippen LogP contribution in [0.5, 0.6) is 0 Å². The van der Waals surface area contributed by atoms with E-state index in [1.54, 1.807) is 20.8 Å². The molecule has 0 aliphatic heterocycles. The summed E-state index contributed by atoms with van der Waals surface area (Å²) in [5.41, 5.74) is 1.97. The Morgan fingerprint density at radius 3 is 2.52 bits per heavy atom. The van der Waals surface area contributed by atoms with Gasteiger partial charge in [-0.15, -0.1) is 0 Å². The third-order valence-corrected chi connectivity index (χ3v) is 3.96. The zero-order valence-electron chi connectivity index (χ0n) is 13.6. The van der Waals surface area contributed by atoms with Crippen LogP contribution in [0.1, 0.15) is 54.8 Å². The van der Waals surface area contributed by atoms with Crippen molar-refractivity contribution < 1.29 is 18.1 Å². The first-order valence-electron chi connectivity index (χ1n) is 7.53. The van der Waals surface area contributed by atoms with E-state index in [-0.39, 0.29) is 5.91 Å². The van der Waals surface area contributed by atoms with E-state index in [0.29, 0.717) is 23.4 Å². The van der Waals surface area contributed by atoms with Crippen molar-refractivity contribution in [1.29, 1.82) is 0 Å². The van der Waals surface area contributed by atoms with Gasteiger partial charge in [0, 0.05) is 5.56 Å². The highest BCUT2D eigenvalue weighted by Gasteiger charge is 2.26. The van der Waals surface area contributed by atoms with Gasteiger partial charge in [-0.3, -0.25) is 4.79 Å². The zero-order chi connectivity index (χ0) is 17.1. The van der Waals surface area contributed by atoms with Crippen LogP contribution in [0, 0.1) is 25.5 Å². The number of benzene rings is 1. The maximum atomic E-state index is 13.3. The van der Waals surface area contributed by atoms with Crippen molar-refractivity contribution in [1.82, 2.24) is 10.5 Å². The van der Waals surface area contributed by atoms with E-state index in [1.807, 2.05) is 6.92 Å². The Morgan fingerprint density at radius 2 is 2.00 bits per heavy atom. The Morgan fingerprint density at radius 1 is 1.30 bits per heavy atom. The molecule has 1 heterocycles.